The molecule has 0 unspecified atom stereocenters. The van der Waals surface area contributed by atoms with E-state index in [-0.39, 0.29) is 47.0 Å². The molecule has 2 fully saturated rings. The molecule has 0 spiro atoms. The highest BCUT2D eigenvalue weighted by Gasteiger charge is 2.51. The Morgan fingerprint density at radius 3 is 2.24 bits per heavy atom. The maximum Gasteiger partial charge on any atom is 0.295 e. The highest BCUT2D eigenvalue weighted by molar-refractivity contribution is 7.91. The molecular formula is C25H27FN2O7S2. The van der Waals surface area contributed by atoms with Gasteiger partial charge in [0.05, 0.1) is 28.0 Å². The molecule has 2 heterocycles. The molecule has 0 saturated carbocycles. The van der Waals surface area contributed by atoms with Crippen LogP contribution in [0.5, 0.6) is 0 Å². The van der Waals surface area contributed by atoms with Crippen molar-refractivity contribution in [2.75, 3.05) is 24.6 Å². The van der Waals surface area contributed by atoms with Crippen LogP contribution in [0.3, 0.4) is 0 Å². The summed E-state index contributed by atoms with van der Waals surface area (Å²) >= 11 is 0. The van der Waals surface area contributed by atoms with Crippen LogP contribution in [0.2, 0.25) is 0 Å². The Morgan fingerprint density at radius 1 is 1.08 bits per heavy atom. The van der Waals surface area contributed by atoms with E-state index in [1.807, 2.05) is 0 Å². The van der Waals surface area contributed by atoms with Crippen LogP contribution in [-0.4, -0.2) is 73.5 Å². The van der Waals surface area contributed by atoms with Crippen molar-refractivity contribution in [3.63, 3.8) is 0 Å². The van der Waals surface area contributed by atoms with Gasteiger partial charge in [0.15, 0.2) is 9.84 Å². The third-order valence-corrected chi connectivity index (χ3v) is 10.6. The van der Waals surface area contributed by atoms with E-state index in [0.29, 0.717) is 0 Å². The fourth-order valence-electron chi connectivity index (χ4n) is 4.88. The topological polar surface area (TPSA) is 129 Å². The van der Waals surface area contributed by atoms with E-state index < -0.39 is 60.8 Å². The van der Waals surface area contributed by atoms with Crippen molar-refractivity contribution in [2.45, 2.75) is 37.2 Å². The molecular weight excluding hydrogens is 523 g/mol. The average molecular weight is 551 g/mol. The quantitative estimate of drug-likeness (QED) is 0.319. The lowest BCUT2D eigenvalue weighted by Crippen LogP contribution is -2.40. The maximum absolute atomic E-state index is 14.9. The van der Waals surface area contributed by atoms with Crippen molar-refractivity contribution < 1.29 is 35.9 Å². The minimum Gasteiger partial charge on any atom is -0.507 e. The molecule has 12 heteroatoms. The minimum absolute atomic E-state index is 0.0185. The molecule has 37 heavy (non-hydrogen) atoms. The number of aliphatic hydroxyl groups is 1. The van der Waals surface area contributed by atoms with Gasteiger partial charge in [-0.3, -0.25) is 9.59 Å². The van der Waals surface area contributed by atoms with Gasteiger partial charge >= 0.3 is 0 Å². The summed E-state index contributed by atoms with van der Waals surface area (Å²) in [5.74, 6) is -3.99. The van der Waals surface area contributed by atoms with Gasteiger partial charge in [0, 0.05) is 30.3 Å². The fraction of sp³-hybridized carbons (Fsp3) is 0.360. The highest BCUT2D eigenvalue weighted by atomic mass is 32.2. The fourth-order valence-corrected chi connectivity index (χ4v) is 8.05. The first kappa shape index (κ1) is 27.0. The summed E-state index contributed by atoms with van der Waals surface area (Å²) in [7, 11) is -7.22. The molecule has 0 aliphatic carbocycles. The molecule has 1 N–H and O–H groups in total. The number of nitrogens with zero attached hydrogens (tertiary/aromatic N) is 2. The Kier molecular flexibility index (Phi) is 7.28. The molecule has 4 rings (SSSR count). The average Bonchev–Trinajstić information content (AvgIpc) is 3.35. The van der Waals surface area contributed by atoms with Crippen molar-refractivity contribution in [1.29, 1.82) is 0 Å². The molecule has 0 aromatic heterocycles. The Labute approximate surface area is 215 Å². The van der Waals surface area contributed by atoms with Crippen molar-refractivity contribution in [3.8, 4) is 0 Å². The molecule has 2 aliphatic rings. The Morgan fingerprint density at radius 2 is 1.70 bits per heavy atom. The predicted octanol–water partition coefficient (Wildman–Crippen LogP) is 2.47. The van der Waals surface area contributed by atoms with E-state index in [1.165, 1.54) is 46.8 Å². The van der Waals surface area contributed by atoms with E-state index in [0.717, 1.165) is 11.0 Å². The monoisotopic (exact) mass is 550 g/mol. The lowest BCUT2D eigenvalue weighted by molar-refractivity contribution is -0.141. The maximum atomic E-state index is 14.9. The van der Waals surface area contributed by atoms with Crippen molar-refractivity contribution >= 4 is 37.3 Å². The van der Waals surface area contributed by atoms with E-state index in [4.69, 9.17) is 0 Å². The Hall–Kier alpha value is -3.09. The number of halogens is 1. The predicted molar refractivity (Wildman–Crippen MR) is 134 cm³/mol. The third kappa shape index (κ3) is 4.80. The van der Waals surface area contributed by atoms with Crippen LogP contribution in [-0.2, 0) is 29.4 Å². The summed E-state index contributed by atoms with van der Waals surface area (Å²) in [6.07, 6.45) is 0.0816. The molecule has 2 aliphatic heterocycles. The molecule has 2 aromatic carbocycles. The van der Waals surface area contributed by atoms with Gasteiger partial charge in [-0.1, -0.05) is 32.0 Å². The van der Waals surface area contributed by atoms with Gasteiger partial charge in [-0.2, -0.15) is 4.31 Å². The smallest absolute Gasteiger partial charge is 0.295 e. The number of amides is 1. The zero-order valence-corrected chi connectivity index (χ0v) is 21.9. The highest BCUT2D eigenvalue weighted by Crippen LogP contribution is 2.43. The lowest BCUT2D eigenvalue weighted by Gasteiger charge is -2.30. The second-order valence-corrected chi connectivity index (χ2v) is 13.1. The van der Waals surface area contributed by atoms with Crippen molar-refractivity contribution in [2.24, 2.45) is 0 Å². The summed E-state index contributed by atoms with van der Waals surface area (Å²) in [4.78, 5) is 27.3. The third-order valence-electron chi connectivity index (χ3n) is 6.75. The van der Waals surface area contributed by atoms with Crippen LogP contribution < -0.4 is 0 Å². The van der Waals surface area contributed by atoms with Gasteiger partial charge < -0.3 is 10.0 Å². The number of Topliss-reactive ketones (excluding diaryl/α,β-unsaturated/α-hetero) is 1. The summed E-state index contributed by atoms with van der Waals surface area (Å²) in [6, 6.07) is 8.41. The van der Waals surface area contributed by atoms with Gasteiger partial charge in [0.25, 0.3) is 11.7 Å². The van der Waals surface area contributed by atoms with Crippen LogP contribution in [0.4, 0.5) is 4.39 Å². The number of rotatable bonds is 7. The standard InChI is InChI=1S/C25H27FN2O7S2/c1-3-27(4-2)37(34,35)18-11-9-16(10-12-18)23(29)21-22(19-7-5-6-8-20(19)26)28(25(31)24(21)30)17-13-14-36(32,33)15-17/h5-12,17,22,29H,3-4,13-15H2,1-2H3/t17-,22-/m0/s1. The summed E-state index contributed by atoms with van der Waals surface area (Å²) < 4.78 is 66.0. The minimum atomic E-state index is -3.77. The molecule has 198 valence electrons. The van der Waals surface area contributed by atoms with E-state index in [2.05, 4.69) is 0 Å². The largest absolute Gasteiger partial charge is 0.507 e. The number of hydrogen-bond donors (Lipinski definition) is 1. The number of carbonyl (C=O) groups is 2. The first-order valence-electron chi connectivity index (χ1n) is 11.8. The van der Waals surface area contributed by atoms with Crippen LogP contribution in [0.1, 0.15) is 37.4 Å². The zero-order valence-electron chi connectivity index (χ0n) is 20.3. The summed E-state index contributed by atoms with van der Waals surface area (Å²) in [5, 5.41) is 11.2. The molecule has 0 radical (unpaired) electrons. The van der Waals surface area contributed by atoms with E-state index in [1.54, 1.807) is 13.8 Å². The number of hydrogen-bond acceptors (Lipinski definition) is 7. The Bertz CT molecular complexity index is 1480. The summed E-state index contributed by atoms with van der Waals surface area (Å²) in [5.41, 5.74) is -0.399. The molecule has 0 bridgehead atoms. The molecule has 2 aromatic rings. The zero-order chi connectivity index (χ0) is 27.1. The van der Waals surface area contributed by atoms with Crippen LogP contribution in [0.25, 0.3) is 5.76 Å². The second-order valence-electron chi connectivity index (χ2n) is 8.90. The molecule has 9 nitrogen and oxygen atoms in total. The lowest BCUT2D eigenvalue weighted by atomic mass is 9.94. The van der Waals surface area contributed by atoms with Crippen molar-refractivity contribution in [3.05, 3.63) is 71.0 Å². The number of sulfonamides is 1. The van der Waals surface area contributed by atoms with E-state index in [9.17, 15) is 35.9 Å². The summed E-state index contributed by atoms with van der Waals surface area (Å²) in [6.45, 7) is 3.95. The number of benzene rings is 2. The number of aliphatic hydroxyl groups excluding tert-OH is 1. The van der Waals surface area contributed by atoms with Gasteiger partial charge in [0.1, 0.15) is 11.6 Å². The number of carbonyl (C=O) groups excluding carboxylic acids is 2. The van der Waals surface area contributed by atoms with Crippen LogP contribution >= 0.6 is 0 Å². The first-order chi connectivity index (χ1) is 17.4. The van der Waals surface area contributed by atoms with E-state index >= 15 is 0 Å². The van der Waals surface area contributed by atoms with Gasteiger partial charge in [-0.05, 0) is 36.8 Å². The number of sulfone groups is 1. The number of likely N-dealkylation sites (tertiary alicyclic amines) is 1. The van der Waals surface area contributed by atoms with Crippen LogP contribution in [0.15, 0.2) is 59.0 Å². The van der Waals surface area contributed by atoms with Gasteiger partial charge in [0.2, 0.25) is 10.0 Å². The Balaban J connectivity index is 1.83. The van der Waals surface area contributed by atoms with Gasteiger partial charge in [-0.15, -0.1) is 0 Å². The normalized spacial score (nSPS) is 23.2. The second kappa shape index (κ2) is 9.99. The number of ketones is 1. The molecule has 2 saturated heterocycles. The molecule has 2 atom stereocenters. The SMILES string of the molecule is CCN(CC)S(=O)(=O)c1ccc(C(O)=C2C(=O)C(=O)N([C@H]3CCS(=O)(=O)C3)[C@H]2c2ccccc2F)cc1. The van der Waals surface area contributed by atoms with Gasteiger partial charge in [-0.25, -0.2) is 21.2 Å². The van der Waals surface area contributed by atoms with Crippen molar-refractivity contribution in [1.82, 2.24) is 9.21 Å². The molecule has 1 amide bonds. The first-order valence-corrected chi connectivity index (χ1v) is 15.0. The van der Waals surface area contributed by atoms with Crippen LogP contribution in [0, 0.1) is 5.82 Å².